The second kappa shape index (κ2) is 8.33. The Balaban J connectivity index is 2.03. The Labute approximate surface area is 157 Å². The van der Waals surface area contributed by atoms with Gasteiger partial charge in [-0.05, 0) is 65.1 Å². The molecule has 0 aromatic heterocycles. The molecule has 0 unspecified atom stereocenters. The van der Waals surface area contributed by atoms with Crippen molar-refractivity contribution in [2.75, 3.05) is 6.61 Å². The quantitative estimate of drug-likeness (QED) is 0.582. The maximum Gasteiger partial charge on any atom is 0.0471 e. The third-order valence-corrected chi connectivity index (χ3v) is 5.11. The zero-order valence-electron chi connectivity index (χ0n) is 16.0. The molecule has 0 heterocycles. The van der Waals surface area contributed by atoms with E-state index in [1.54, 1.807) is 0 Å². The molecule has 0 spiro atoms. The van der Waals surface area contributed by atoms with Gasteiger partial charge in [-0.1, -0.05) is 80.1 Å². The van der Waals surface area contributed by atoms with Gasteiger partial charge in [0.2, 0.25) is 0 Å². The van der Waals surface area contributed by atoms with Gasteiger partial charge in [-0.3, -0.25) is 0 Å². The highest BCUT2D eigenvalue weighted by molar-refractivity contribution is 5.75. The van der Waals surface area contributed by atoms with E-state index < -0.39 is 0 Å². The van der Waals surface area contributed by atoms with Crippen LogP contribution in [0.4, 0.5) is 0 Å². The van der Waals surface area contributed by atoms with Crippen LogP contribution in [0.5, 0.6) is 0 Å². The molecule has 0 aliphatic heterocycles. The van der Waals surface area contributed by atoms with Crippen LogP contribution in [0.15, 0.2) is 60.7 Å². The lowest BCUT2D eigenvalue weighted by Gasteiger charge is -2.14. The first-order chi connectivity index (χ1) is 12.7. The third kappa shape index (κ3) is 3.89. The van der Waals surface area contributed by atoms with E-state index >= 15 is 0 Å². The number of aryl methyl sites for hydroxylation is 3. The van der Waals surface area contributed by atoms with Gasteiger partial charge in [0.15, 0.2) is 0 Å². The lowest BCUT2D eigenvalue weighted by atomic mass is 9.90. The molecule has 0 bridgehead atoms. The molecule has 0 aliphatic carbocycles. The number of benzene rings is 3. The van der Waals surface area contributed by atoms with Gasteiger partial charge in [0.25, 0.3) is 0 Å². The third-order valence-electron chi connectivity index (χ3n) is 5.11. The van der Waals surface area contributed by atoms with Crippen LogP contribution in [0.2, 0.25) is 0 Å². The first-order valence-corrected chi connectivity index (χ1v) is 9.59. The molecule has 1 nitrogen and oxygen atoms in total. The normalized spacial score (nSPS) is 10.9. The molecule has 3 rings (SSSR count). The Bertz CT molecular complexity index is 875. The zero-order valence-corrected chi connectivity index (χ0v) is 16.0. The summed E-state index contributed by atoms with van der Waals surface area (Å²) < 4.78 is 0. The number of hydrogen-bond donors (Lipinski definition) is 1. The van der Waals surface area contributed by atoms with Gasteiger partial charge in [-0.15, -0.1) is 0 Å². The zero-order chi connectivity index (χ0) is 18.5. The van der Waals surface area contributed by atoms with E-state index in [1.165, 1.54) is 44.5 Å². The largest absolute Gasteiger partial charge is 0.396 e. The fourth-order valence-electron chi connectivity index (χ4n) is 3.57. The smallest absolute Gasteiger partial charge is 0.0471 e. The van der Waals surface area contributed by atoms with Gasteiger partial charge in [-0.25, -0.2) is 0 Å². The maximum absolute atomic E-state index is 9.19. The lowest BCUT2D eigenvalue weighted by Crippen LogP contribution is -1.96. The molecule has 0 atom stereocenters. The SMILES string of the molecule is CCc1cc(CCO)ccc1-c1ccc(-c2ccc(C)cc2)c(CC)c1. The van der Waals surface area contributed by atoms with E-state index in [0.717, 1.165) is 19.3 Å². The van der Waals surface area contributed by atoms with Crippen molar-refractivity contribution in [1.82, 2.24) is 0 Å². The fraction of sp³-hybridized carbons (Fsp3) is 0.280. The van der Waals surface area contributed by atoms with Crippen molar-refractivity contribution < 1.29 is 5.11 Å². The summed E-state index contributed by atoms with van der Waals surface area (Å²) in [6.45, 7) is 6.75. The van der Waals surface area contributed by atoms with Crippen molar-refractivity contribution in [3.05, 3.63) is 82.9 Å². The fourth-order valence-corrected chi connectivity index (χ4v) is 3.57. The molecule has 134 valence electrons. The molecule has 3 aromatic rings. The maximum atomic E-state index is 9.19. The van der Waals surface area contributed by atoms with E-state index in [9.17, 15) is 5.11 Å². The summed E-state index contributed by atoms with van der Waals surface area (Å²) in [4.78, 5) is 0. The van der Waals surface area contributed by atoms with Crippen molar-refractivity contribution in [2.45, 2.75) is 40.0 Å². The Morgan fingerprint density at radius 2 is 1.27 bits per heavy atom. The molecule has 0 saturated heterocycles. The average Bonchev–Trinajstić information content (AvgIpc) is 2.68. The molecule has 0 saturated carbocycles. The van der Waals surface area contributed by atoms with Crippen LogP contribution in [0.1, 0.15) is 36.1 Å². The Morgan fingerprint density at radius 1 is 0.692 bits per heavy atom. The Kier molecular flexibility index (Phi) is 5.90. The molecular formula is C25H28O. The van der Waals surface area contributed by atoms with E-state index in [1.807, 2.05) is 0 Å². The average molecular weight is 344 g/mol. The second-order valence-electron chi connectivity index (χ2n) is 6.91. The van der Waals surface area contributed by atoms with Gasteiger partial charge in [0.05, 0.1) is 0 Å². The van der Waals surface area contributed by atoms with Crippen LogP contribution in [0.3, 0.4) is 0 Å². The van der Waals surface area contributed by atoms with Crippen LogP contribution >= 0.6 is 0 Å². The molecular weight excluding hydrogens is 316 g/mol. The molecule has 0 radical (unpaired) electrons. The predicted octanol–water partition coefficient (Wildman–Crippen LogP) is 5.99. The number of hydrogen-bond acceptors (Lipinski definition) is 1. The minimum absolute atomic E-state index is 0.202. The minimum Gasteiger partial charge on any atom is -0.396 e. The predicted molar refractivity (Wildman–Crippen MR) is 112 cm³/mol. The molecule has 26 heavy (non-hydrogen) atoms. The van der Waals surface area contributed by atoms with Crippen LogP contribution in [0.25, 0.3) is 22.3 Å². The Hall–Kier alpha value is -2.38. The molecule has 1 heteroatoms. The van der Waals surface area contributed by atoms with Gasteiger partial charge in [-0.2, -0.15) is 0 Å². The van der Waals surface area contributed by atoms with Crippen molar-refractivity contribution in [3.8, 4) is 22.3 Å². The monoisotopic (exact) mass is 344 g/mol. The first kappa shape index (κ1) is 18.4. The van der Waals surface area contributed by atoms with Crippen LogP contribution < -0.4 is 0 Å². The molecule has 0 fully saturated rings. The summed E-state index contributed by atoms with van der Waals surface area (Å²) in [5, 5.41) is 9.19. The summed E-state index contributed by atoms with van der Waals surface area (Å²) >= 11 is 0. The minimum atomic E-state index is 0.202. The lowest BCUT2D eigenvalue weighted by molar-refractivity contribution is 0.299. The molecule has 0 amide bonds. The number of aliphatic hydroxyl groups is 1. The van der Waals surface area contributed by atoms with Gasteiger partial charge >= 0.3 is 0 Å². The van der Waals surface area contributed by atoms with Crippen LogP contribution in [-0.4, -0.2) is 11.7 Å². The van der Waals surface area contributed by atoms with Crippen LogP contribution in [0, 0.1) is 6.92 Å². The van der Waals surface area contributed by atoms with E-state index in [0.29, 0.717) is 0 Å². The second-order valence-corrected chi connectivity index (χ2v) is 6.91. The van der Waals surface area contributed by atoms with Gasteiger partial charge < -0.3 is 5.11 Å². The first-order valence-electron chi connectivity index (χ1n) is 9.59. The Morgan fingerprint density at radius 3 is 1.92 bits per heavy atom. The highest BCUT2D eigenvalue weighted by atomic mass is 16.2. The van der Waals surface area contributed by atoms with Crippen molar-refractivity contribution in [1.29, 1.82) is 0 Å². The summed E-state index contributed by atoms with van der Waals surface area (Å²) in [6.07, 6.45) is 2.73. The van der Waals surface area contributed by atoms with Gasteiger partial charge in [0, 0.05) is 6.61 Å². The molecule has 0 aliphatic rings. The van der Waals surface area contributed by atoms with Crippen molar-refractivity contribution in [3.63, 3.8) is 0 Å². The van der Waals surface area contributed by atoms with Crippen molar-refractivity contribution >= 4 is 0 Å². The standard InChI is InChI=1S/C25H28O/c1-4-20-16-19(14-15-26)8-12-25(20)23-11-13-24(21(5-2)17-23)22-9-6-18(3)7-10-22/h6-13,16-17,26H,4-5,14-15H2,1-3H3. The number of rotatable bonds is 6. The molecule has 1 N–H and O–H groups in total. The highest BCUT2D eigenvalue weighted by Gasteiger charge is 2.10. The van der Waals surface area contributed by atoms with Crippen LogP contribution in [-0.2, 0) is 19.3 Å². The van der Waals surface area contributed by atoms with E-state index in [-0.39, 0.29) is 6.61 Å². The van der Waals surface area contributed by atoms with Crippen molar-refractivity contribution in [2.24, 2.45) is 0 Å². The summed E-state index contributed by atoms with van der Waals surface area (Å²) in [5.41, 5.74) is 10.4. The summed E-state index contributed by atoms with van der Waals surface area (Å²) in [5.74, 6) is 0. The summed E-state index contributed by atoms with van der Waals surface area (Å²) in [7, 11) is 0. The highest BCUT2D eigenvalue weighted by Crippen LogP contribution is 2.32. The van der Waals surface area contributed by atoms with E-state index in [4.69, 9.17) is 0 Å². The van der Waals surface area contributed by atoms with Gasteiger partial charge in [0.1, 0.15) is 0 Å². The molecule has 3 aromatic carbocycles. The van der Waals surface area contributed by atoms with E-state index in [2.05, 4.69) is 81.4 Å². The summed E-state index contributed by atoms with van der Waals surface area (Å²) in [6, 6.07) is 22.2. The number of aliphatic hydroxyl groups excluding tert-OH is 1. The topological polar surface area (TPSA) is 20.2 Å².